The van der Waals surface area contributed by atoms with Gasteiger partial charge in [0.15, 0.2) is 0 Å². The van der Waals surface area contributed by atoms with Crippen molar-refractivity contribution in [2.24, 2.45) is 5.92 Å². The summed E-state index contributed by atoms with van der Waals surface area (Å²) in [7, 11) is 0. The van der Waals surface area contributed by atoms with Gasteiger partial charge in [-0.25, -0.2) is 0 Å². The highest BCUT2D eigenvalue weighted by Gasteiger charge is 2.34. The van der Waals surface area contributed by atoms with E-state index < -0.39 is 0 Å². The van der Waals surface area contributed by atoms with Gasteiger partial charge in [-0.2, -0.15) is 0 Å². The summed E-state index contributed by atoms with van der Waals surface area (Å²) in [5.41, 5.74) is 2.34. The first kappa shape index (κ1) is 18.1. The van der Waals surface area contributed by atoms with E-state index in [9.17, 15) is 0 Å². The molecule has 2 aromatic rings. The Kier molecular flexibility index (Phi) is 5.67. The third kappa shape index (κ3) is 4.16. The minimum Gasteiger partial charge on any atom is -0.361 e. The van der Waals surface area contributed by atoms with E-state index in [0.717, 1.165) is 23.9 Å². The molecule has 0 unspecified atom stereocenters. The molecular weight excluding hydrogens is 342 g/mol. The van der Waals surface area contributed by atoms with E-state index in [-0.39, 0.29) is 0 Å². The summed E-state index contributed by atoms with van der Waals surface area (Å²) < 4.78 is 5.36. The Balaban J connectivity index is 1.34. The molecule has 4 heterocycles. The van der Waals surface area contributed by atoms with Crippen LogP contribution >= 0.6 is 11.8 Å². The number of hydrogen-bond acceptors (Lipinski definition) is 5. The van der Waals surface area contributed by atoms with Gasteiger partial charge in [0, 0.05) is 55.0 Å². The molecule has 3 aliphatic heterocycles. The molecule has 2 bridgehead atoms. The fourth-order valence-corrected chi connectivity index (χ4v) is 5.34. The van der Waals surface area contributed by atoms with Crippen LogP contribution in [0.4, 0.5) is 0 Å². The van der Waals surface area contributed by atoms with Crippen LogP contribution in [-0.4, -0.2) is 52.9 Å². The second kappa shape index (κ2) is 8.15. The number of fused-ring (bicyclic) bond motifs is 4. The van der Waals surface area contributed by atoms with Gasteiger partial charge in [0.25, 0.3) is 0 Å². The molecule has 0 N–H and O–H groups in total. The lowest BCUT2D eigenvalue weighted by molar-refractivity contribution is 0.139. The van der Waals surface area contributed by atoms with Crippen molar-refractivity contribution in [2.45, 2.75) is 44.2 Å². The first-order valence-electron chi connectivity index (χ1n) is 9.75. The van der Waals surface area contributed by atoms with E-state index in [4.69, 9.17) is 4.52 Å². The fraction of sp³-hybridized carbons (Fsp3) is 0.571. The van der Waals surface area contributed by atoms with Crippen molar-refractivity contribution in [3.05, 3.63) is 47.3 Å². The second-order valence-electron chi connectivity index (χ2n) is 7.75. The van der Waals surface area contributed by atoms with E-state index in [1.54, 1.807) is 0 Å². The minimum atomic E-state index is 0.700. The van der Waals surface area contributed by atoms with Crippen LogP contribution in [0.3, 0.4) is 0 Å². The van der Waals surface area contributed by atoms with Crippen molar-refractivity contribution in [3.8, 4) is 0 Å². The Morgan fingerprint density at radius 3 is 2.73 bits per heavy atom. The molecule has 3 saturated heterocycles. The molecule has 0 saturated carbocycles. The third-order valence-electron chi connectivity index (χ3n) is 5.86. The van der Waals surface area contributed by atoms with Crippen LogP contribution in [0.1, 0.15) is 29.9 Å². The maximum Gasteiger partial charge on any atom is 0.138 e. The van der Waals surface area contributed by atoms with Gasteiger partial charge in [-0.1, -0.05) is 23.4 Å². The highest BCUT2D eigenvalue weighted by Crippen LogP contribution is 2.30. The van der Waals surface area contributed by atoms with Crippen LogP contribution in [0.5, 0.6) is 0 Å². The van der Waals surface area contributed by atoms with Crippen molar-refractivity contribution in [2.75, 3.05) is 31.9 Å². The molecule has 140 valence electrons. The van der Waals surface area contributed by atoms with Crippen molar-refractivity contribution in [1.29, 1.82) is 0 Å². The normalized spacial score (nSPS) is 24.1. The SMILES string of the molecule is Cc1noc(C)c1CN1C[C@@H]2CC[C@H](C1)N(CCSc1ccccc1)C2. The van der Waals surface area contributed by atoms with Gasteiger partial charge in [0.1, 0.15) is 5.76 Å². The van der Waals surface area contributed by atoms with Gasteiger partial charge in [-0.3, -0.25) is 9.80 Å². The van der Waals surface area contributed by atoms with Crippen LogP contribution in [0.2, 0.25) is 0 Å². The number of aryl methyl sites for hydroxylation is 2. The van der Waals surface area contributed by atoms with Crippen LogP contribution < -0.4 is 0 Å². The number of hydrogen-bond donors (Lipinski definition) is 0. The summed E-state index contributed by atoms with van der Waals surface area (Å²) in [5.74, 6) is 2.96. The molecule has 0 radical (unpaired) electrons. The quantitative estimate of drug-likeness (QED) is 0.717. The molecule has 0 amide bonds. The summed E-state index contributed by atoms with van der Waals surface area (Å²) >= 11 is 1.98. The van der Waals surface area contributed by atoms with E-state index in [1.165, 1.54) is 55.2 Å². The Labute approximate surface area is 160 Å². The monoisotopic (exact) mass is 371 g/mol. The maximum absolute atomic E-state index is 5.36. The Bertz CT molecular complexity index is 698. The molecule has 1 aromatic heterocycles. The number of aromatic nitrogens is 1. The third-order valence-corrected chi connectivity index (χ3v) is 6.85. The van der Waals surface area contributed by atoms with Crippen molar-refractivity contribution >= 4 is 11.8 Å². The number of rotatable bonds is 6. The predicted molar refractivity (Wildman–Crippen MR) is 107 cm³/mol. The van der Waals surface area contributed by atoms with E-state index in [1.807, 2.05) is 18.7 Å². The molecular formula is C21H29N3OS. The smallest absolute Gasteiger partial charge is 0.138 e. The van der Waals surface area contributed by atoms with Gasteiger partial charge in [0.05, 0.1) is 5.69 Å². The first-order chi connectivity index (χ1) is 12.7. The zero-order valence-corrected chi connectivity index (χ0v) is 16.7. The fourth-order valence-electron chi connectivity index (χ4n) is 4.43. The lowest BCUT2D eigenvalue weighted by atomic mass is 9.95. The lowest BCUT2D eigenvalue weighted by Gasteiger charge is -2.36. The van der Waals surface area contributed by atoms with E-state index in [0.29, 0.717) is 6.04 Å². The molecule has 3 aliphatic rings. The highest BCUT2D eigenvalue weighted by molar-refractivity contribution is 7.99. The molecule has 1 aromatic carbocycles. The summed E-state index contributed by atoms with van der Waals surface area (Å²) in [6.45, 7) is 9.93. The van der Waals surface area contributed by atoms with E-state index >= 15 is 0 Å². The van der Waals surface area contributed by atoms with E-state index in [2.05, 4.69) is 52.2 Å². The summed E-state index contributed by atoms with van der Waals surface area (Å²) in [5, 5.41) is 4.13. The van der Waals surface area contributed by atoms with Crippen LogP contribution in [0.15, 0.2) is 39.8 Å². The molecule has 5 rings (SSSR count). The summed E-state index contributed by atoms with van der Waals surface area (Å²) in [6.07, 6.45) is 2.73. The van der Waals surface area contributed by atoms with Crippen molar-refractivity contribution < 1.29 is 4.52 Å². The predicted octanol–water partition coefficient (Wildman–Crippen LogP) is 3.98. The average Bonchev–Trinajstić information content (AvgIpc) is 2.82. The highest BCUT2D eigenvalue weighted by atomic mass is 32.2. The number of benzene rings is 1. The number of nitrogens with zero attached hydrogens (tertiary/aromatic N) is 3. The topological polar surface area (TPSA) is 32.5 Å². The van der Waals surface area contributed by atoms with Crippen molar-refractivity contribution in [3.63, 3.8) is 0 Å². The van der Waals surface area contributed by atoms with Gasteiger partial charge in [0.2, 0.25) is 0 Å². The maximum atomic E-state index is 5.36. The number of thioether (sulfide) groups is 1. The summed E-state index contributed by atoms with van der Waals surface area (Å²) in [6, 6.07) is 11.5. The molecule has 3 fully saturated rings. The van der Waals surface area contributed by atoms with Gasteiger partial charge < -0.3 is 4.52 Å². The molecule has 5 heteroatoms. The zero-order valence-electron chi connectivity index (χ0n) is 15.9. The Hall–Kier alpha value is -1.30. The second-order valence-corrected chi connectivity index (χ2v) is 8.92. The molecule has 2 atom stereocenters. The molecule has 26 heavy (non-hydrogen) atoms. The first-order valence-corrected chi connectivity index (χ1v) is 10.7. The molecule has 0 aliphatic carbocycles. The van der Waals surface area contributed by atoms with Crippen LogP contribution in [0, 0.1) is 19.8 Å². The number of piperidine rings is 1. The largest absolute Gasteiger partial charge is 0.361 e. The van der Waals surface area contributed by atoms with Gasteiger partial charge in [-0.05, 0) is 44.7 Å². The minimum absolute atomic E-state index is 0.700. The molecule has 0 spiro atoms. The Morgan fingerprint density at radius 2 is 1.96 bits per heavy atom. The molecule has 4 nitrogen and oxygen atoms in total. The van der Waals surface area contributed by atoms with Crippen LogP contribution in [0.25, 0.3) is 0 Å². The Morgan fingerprint density at radius 1 is 1.12 bits per heavy atom. The van der Waals surface area contributed by atoms with Gasteiger partial charge >= 0.3 is 0 Å². The van der Waals surface area contributed by atoms with Gasteiger partial charge in [-0.15, -0.1) is 11.8 Å². The standard InChI is InChI=1S/C21H29N3OS/c1-16-21(17(2)25-22-16)15-23-12-18-8-9-19(14-23)24(13-18)10-11-26-20-6-4-3-5-7-20/h3-7,18-19H,8-15H2,1-2H3/t18-,19+/m0/s1. The summed E-state index contributed by atoms with van der Waals surface area (Å²) in [4.78, 5) is 6.77. The lowest BCUT2D eigenvalue weighted by Crippen LogP contribution is -2.44. The average molecular weight is 372 g/mol. The van der Waals surface area contributed by atoms with Crippen LogP contribution in [-0.2, 0) is 6.54 Å². The zero-order chi connectivity index (χ0) is 17.9. The van der Waals surface area contributed by atoms with Crippen molar-refractivity contribution in [1.82, 2.24) is 15.0 Å².